The number of hydrogen-bond acceptors (Lipinski definition) is 3. The number of halogens is 1. The standard InChI is InChI=1S/C14H21ClN2O/c1-11(2)18-13-7-5-8-16-14(13)17-9-4-3-6-12(17)10-15/h5,7-8,11-12H,3-4,6,9-10H2,1-2H3. The Morgan fingerprint density at radius 3 is 3.06 bits per heavy atom. The molecule has 2 heterocycles. The van der Waals surface area contributed by atoms with E-state index in [4.69, 9.17) is 16.3 Å². The van der Waals surface area contributed by atoms with Crippen molar-refractivity contribution in [1.82, 2.24) is 4.98 Å². The fourth-order valence-corrected chi connectivity index (χ4v) is 2.70. The van der Waals surface area contributed by atoms with E-state index in [0.29, 0.717) is 11.9 Å². The summed E-state index contributed by atoms with van der Waals surface area (Å²) in [6.45, 7) is 5.08. The Kier molecular flexibility index (Phi) is 4.70. The summed E-state index contributed by atoms with van der Waals surface area (Å²) in [6.07, 6.45) is 5.57. The number of alkyl halides is 1. The minimum atomic E-state index is 0.159. The van der Waals surface area contributed by atoms with E-state index in [1.54, 1.807) is 0 Å². The highest BCUT2D eigenvalue weighted by Crippen LogP contribution is 2.31. The maximum atomic E-state index is 6.07. The fourth-order valence-electron chi connectivity index (χ4n) is 2.38. The molecule has 2 rings (SSSR count). The van der Waals surface area contributed by atoms with Gasteiger partial charge >= 0.3 is 0 Å². The van der Waals surface area contributed by atoms with Gasteiger partial charge in [0.05, 0.1) is 6.10 Å². The number of nitrogens with zero attached hydrogens (tertiary/aromatic N) is 2. The number of pyridine rings is 1. The third-order valence-corrected chi connectivity index (χ3v) is 3.55. The van der Waals surface area contributed by atoms with Crippen molar-refractivity contribution in [3.63, 3.8) is 0 Å². The van der Waals surface area contributed by atoms with E-state index in [-0.39, 0.29) is 6.10 Å². The zero-order valence-corrected chi connectivity index (χ0v) is 11.9. The van der Waals surface area contributed by atoms with Crippen molar-refractivity contribution in [1.29, 1.82) is 0 Å². The number of ether oxygens (including phenoxy) is 1. The van der Waals surface area contributed by atoms with E-state index >= 15 is 0 Å². The maximum Gasteiger partial charge on any atom is 0.171 e. The van der Waals surface area contributed by atoms with Gasteiger partial charge in [0, 0.05) is 24.7 Å². The van der Waals surface area contributed by atoms with Crippen LogP contribution in [-0.2, 0) is 0 Å². The van der Waals surface area contributed by atoms with E-state index < -0.39 is 0 Å². The van der Waals surface area contributed by atoms with Crippen LogP contribution in [-0.4, -0.2) is 29.6 Å². The summed E-state index contributed by atoms with van der Waals surface area (Å²) in [7, 11) is 0. The van der Waals surface area contributed by atoms with Crippen molar-refractivity contribution < 1.29 is 4.74 Å². The number of aromatic nitrogens is 1. The lowest BCUT2D eigenvalue weighted by atomic mass is 10.0. The second kappa shape index (κ2) is 6.28. The molecule has 1 fully saturated rings. The Hall–Kier alpha value is -0.960. The van der Waals surface area contributed by atoms with E-state index in [1.165, 1.54) is 12.8 Å². The van der Waals surface area contributed by atoms with Crippen LogP contribution in [0.3, 0.4) is 0 Å². The molecule has 18 heavy (non-hydrogen) atoms. The Morgan fingerprint density at radius 2 is 2.33 bits per heavy atom. The van der Waals surface area contributed by atoms with Crippen LogP contribution in [0.25, 0.3) is 0 Å². The zero-order valence-electron chi connectivity index (χ0n) is 11.1. The Labute approximate surface area is 114 Å². The minimum absolute atomic E-state index is 0.159. The van der Waals surface area contributed by atoms with Gasteiger partial charge in [0.15, 0.2) is 11.6 Å². The molecule has 3 nitrogen and oxygen atoms in total. The number of rotatable bonds is 4. The van der Waals surface area contributed by atoms with Gasteiger partial charge in [-0.25, -0.2) is 4.98 Å². The van der Waals surface area contributed by atoms with Gasteiger partial charge in [-0.3, -0.25) is 0 Å². The highest BCUT2D eigenvalue weighted by atomic mass is 35.5. The first-order chi connectivity index (χ1) is 8.72. The second-order valence-corrected chi connectivity index (χ2v) is 5.30. The average Bonchev–Trinajstić information content (AvgIpc) is 2.39. The molecule has 0 bridgehead atoms. The molecule has 4 heteroatoms. The second-order valence-electron chi connectivity index (χ2n) is 4.99. The first kappa shape index (κ1) is 13.5. The summed E-state index contributed by atoms with van der Waals surface area (Å²) in [5.74, 6) is 2.46. The van der Waals surface area contributed by atoms with Gasteiger partial charge in [-0.15, -0.1) is 11.6 Å². The molecule has 1 aromatic rings. The smallest absolute Gasteiger partial charge is 0.171 e. The molecular weight excluding hydrogens is 248 g/mol. The lowest BCUT2D eigenvalue weighted by Crippen LogP contribution is -2.41. The van der Waals surface area contributed by atoms with Gasteiger partial charge in [0.2, 0.25) is 0 Å². The van der Waals surface area contributed by atoms with Crippen LogP contribution < -0.4 is 9.64 Å². The van der Waals surface area contributed by atoms with Crippen molar-refractivity contribution >= 4 is 17.4 Å². The van der Waals surface area contributed by atoms with Crippen LogP contribution in [0, 0.1) is 0 Å². The van der Waals surface area contributed by atoms with Gasteiger partial charge in [0.1, 0.15) is 0 Å². The Balaban J connectivity index is 2.24. The Bertz CT molecular complexity index is 384. The summed E-state index contributed by atoms with van der Waals surface area (Å²) in [6, 6.07) is 4.29. The molecule has 1 atom stereocenters. The van der Waals surface area contributed by atoms with Gasteiger partial charge in [-0.05, 0) is 45.2 Å². The van der Waals surface area contributed by atoms with E-state index in [2.05, 4.69) is 9.88 Å². The molecule has 1 saturated heterocycles. The van der Waals surface area contributed by atoms with Gasteiger partial charge in [0.25, 0.3) is 0 Å². The molecule has 1 unspecified atom stereocenters. The van der Waals surface area contributed by atoms with E-state index in [9.17, 15) is 0 Å². The number of hydrogen-bond donors (Lipinski definition) is 0. The molecule has 0 saturated carbocycles. The lowest BCUT2D eigenvalue weighted by molar-refractivity contribution is 0.241. The van der Waals surface area contributed by atoms with Gasteiger partial charge < -0.3 is 9.64 Å². The molecule has 0 amide bonds. The fraction of sp³-hybridized carbons (Fsp3) is 0.643. The Morgan fingerprint density at radius 1 is 1.50 bits per heavy atom. The van der Waals surface area contributed by atoms with E-state index in [1.807, 2.05) is 32.2 Å². The summed E-state index contributed by atoms with van der Waals surface area (Å²) >= 11 is 6.07. The normalized spacial score (nSPS) is 20.2. The number of piperidine rings is 1. The molecule has 1 aliphatic heterocycles. The molecule has 0 spiro atoms. The molecule has 1 aliphatic rings. The summed E-state index contributed by atoms with van der Waals surface area (Å²) < 4.78 is 5.84. The molecule has 0 radical (unpaired) electrons. The number of anilines is 1. The van der Waals surface area contributed by atoms with Crippen LogP contribution in [0.5, 0.6) is 5.75 Å². The summed E-state index contributed by atoms with van der Waals surface area (Å²) in [5.41, 5.74) is 0. The monoisotopic (exact) mass is 268 g/mol. The average molecular weight is 269 g/mol. The van der Waals surface area contributed by atoms with Gasteiger partial charge in [-0.1, -0.05) is 0 Å². The largest absolute Gasteiger partial charge is 0.487 e. The first-order valence-electron chi connectivity index (χ1n) is 6.66. The molecule has 1 aromatic heterocycles. The summed E-state index contributed by atoms with van der Waals surface area (Å²) in [4.78, 5) is 6.80. The third-order valence-electron chi connectivity index (χ3n) is 3.19. The van der Waals surface area contributed by atoms with Crippen LogP contribution in [0.2, 0.25) is 0 Å². The topological polar surface area (TPSA) is 25.4 Å². The third kappa shape index (κ3) is 3.08. The van der Waals surface area contributed by atoms with Crippen molar-refractivity contribution in [3.8, 4) is 5.75 Å². The SMILES string of the molecule is CC(C)Oc1cccnc1N1CCCCC1CCl. The molecule has 0 aromatic carbocycles. The van der Waals surface area contributed by atoms with Crippen molar-refractivity contribution in [3.05, 3.63) is 18.3 Å². The molecule has 0 aliphatic carbocycles. The van der Waals surface area contributed by atoms with E-state index in [0.717, 1.165) is 24.5 Å². The predicted octanol–water partition coefficient (Wildman–Crippen LogP) is 3.47. The zero-order chi connectivity index (χ0) is 13.0. The quantitative estimate of drug-likeness (QED) is 0.782. The van der Waals surface area contributed by atoms with Gasteiger partial charge in [-0.2, -0.15) is 0 Å². The van der Waals surface area contributed by atoms with Crippen molar-refractivity contribution in [2.24, 2.45) is 0 Å². The molecular formula is C14H21ClN2O. The molecule has 0 N–H and O–H groups in total. The van der Waals surface area contributed by atoms with Crippen molar-refractivity contribution in [2.75, 3.05) is 17.3 Å². The minimum Gasteiger partial charge on any atom is -0.487 e. The van der Waals surface area contributed by atoms with Crippen LogP contribution >= 0.6 is 11.6 Å². The van der Waals surface area contributed by atoms with Crippen molar-refractivity contribution in [2.45, 2.75) is 45.3 Å². The van der Waals surface area contributed by atoms with Crippen LogP contribution in [0.4, 0.5) is 5.82 Å². The highest BCUT2D eigenvalue weighted by molar-refractivity contribution is 6.18. The maximum absolute atomic E-state index is 6.07. The molecule has 100 valence electrons. The van der Waals surface area contributed by atoms with Crippen LogP contribution in [0.15, 0.2) is 18.3 Å². The van der Waals surface area contributed by atoms with Crippen LogP contribution in [0.1, 0.15) is 33.1 Å². The lowest BCUT2D eigenvalue weighted by Gasteiger charge is -2.36. The first-order valence-corrected chi connectivity index (χ1v) is 7.20. The highest BCUT2D eigenvalue weighted by Gasteiger charge is 2.25. The predicted molar refractivity (Wildman–Crippen MR) is 75.7 cm³/mol. The summed E-state index contributed by atoms with van der Waals surface area (Å²) in [5, 5.41) is 0.